The molecule has 1 aliphatic rings. The van der Waals surface area contributed by atoms with Crippen molar-refractivity contribution in [3.63, 3.8) is 0 Å². The van der Waals surface area contributed by atoms with Crippen LogP contribution in [0.1, 0.15) is 19.8 Å². The van der Waals surface area contributed by atoms with E-state index in [-0.39, 0.29) is 0 Å². The second-order valence-electron chi connectivity index (χ2n) is 5.22. The van der Waals surface area contributed by atoms with Crippen LogP contribution in [0, 0.1) is 5.92 Å². The van der Waals surface area contributed by atoms with Crippen LogP contribution in [0.4, 0.5) is 5.82 Å². The summed E-state index contributed by atoms with van der Waals surface area (Å²) in [7, 11) is 0. The lowest BCUT2D eigenvalue weighted by Crippen LogP contribution is -2.36. The first kappa shape index (κ1) is 12.9. The number of hydrogen-bond acceptors (Lipinski definition) is 3. The van der Waals surface area contributed by atoms with Crippen LogP contribution >= 0.6 is 15.9 Å². The third-order valence-electron chi connectivity index (χ3n) is 3.95. The molecule has 1 aromatic carbocycles. The van der Waals surface area contributed by atoms with Gasteiger partial charge in [0.2, 0.25) is 0 Å². The van der Waals surface area contributed by atoms with Gasteiger partial charge in [-0.3, -0.25) is 4.98 Å². The van der Waals surface area contributed by atoms with E-state index < -0.39 is 0 Å². The molecule has 0 spiro atoms. The maximum absolute atomic E-state index is 4.72. The van der Waals surface area contributed by atoms with E-state index in [0.29, 0.717) is 4.83 Å². The van der Waals surface area contributed by atoms with Gasteiger partial charge in [0, 0.05) is 17.9 Å². The summed E-state index contributed by atoms with van der Waals surface area (Å²) in [5, 5.41) is 0. The lowest BCUT2D eigenvalue weighted by atomic mass is 9.94. The van der Waals surface area contributed by atoms with Gasteiger partial charge in [-0.05, 0) is 30.9 Å². The van der Waals surface area contributed by atoms with E-state index in [1.54, 1.807) is 0 Å². The summed E-state index contributed by atoms with van der Waals surface area (Å²) < 4.78 is 0. The molecule has 0 aliphatic carbocycles. The van der Waals surface area contributed by atoms with Crippen molar-refractivity contribution >= 4 is 32.8 Å². The summed E-state index contributed by atoms with van der Waals surface area (Å²) in [4.78, 5) is 12.2. The lowest BCUT2D eigenvalue weighted by Gasteiger charge is -2.33. The van der Waals surface area contributed by atoms with Gasteiger partial charge in [-0.2, -0.15) is 0 Å². The standard InChI is InChI=1S/C15H18BrN3/c1-11(16)12-6-8-19(9-7-12)15-10-17-13-4-2-3-5-14(13)18-15/h2-5,10-12H,6-9H2,1H3. The summed E-state index contributed by atoms with van der Waals surface area (Å²) in [5.41, 5.74) is 1.95. The van der Waals surface area contributed by atoms with Crippen LogP contribution in [0.2, 0.25) is 0 Å². The van der Waals surface area contributed by atoms with Crippen LogP contribution in [0.3, 0.4) is 0 Å². The monoisotopic (exact) mass is 319 g/mol. The van der Waals surface area contributed by atoms with E-state index >= 15 is 0 Å². The molecule has 1 aromatic heterocycles. The first-order valence-corrected chi connectivity index (χ1v) is 7.76. The second kappa shape index (κ2) is 5.45. The number of rotatable bonds is 2. The Bertz CT molecular complexity index is 562. The third-order valence-corrected chi connectivity index (χ3v) is 4.70. The number of piperidine rings is 1. The molecule has 0 radical (unpaired) electrons. The van der Waals surface area contributed by atoms with Gasteiger partial charge in [0.15, 0.2) is 0 Å². The van der Waals surface area contributed by atoms with Crippen LogP contribution < -0.4 is 4.90 Å². The normalized spacial score (nSPS) is 18.7. The minimum Gasteiger partial charge on any atom is -0.355 e. The number of aromatic nitrogens is 2. The van der Waals surface area contributed by atoms with Gasteiger partial charge >= 0.3 is 0 Å². The fourth-order valence-electron chi connectivity index (χ4n) is 2.69. The Hall–Kier alpha value is -1.16. The highest BCUT2D eigenvalue weighted by Crippen LogP contribution is 2.27. The SMILES string of the molecule is CC(Br)C1CCN(c2cnc3ccccc3n2)CC1. The number of hydrogen-bond donors (Lipinski definition) is 0. The average Bonchev–Trinajstić information content (AvgIpc) is 2.47. The molecule has 1 fully saturated rings. The van der Waals surface area contributed by atoms with Crippen LogP contribution in [-0.4, -0.2) is 27.9 Å². The van der Waals surface area contributed by atoms with E-state index in [2.05, 4.69) is 32.7 Å². The molecule has 3 rings (SSSR count). The van der Waals surface area contributed by atoms with Crippen molar-refractivity contribution < 1.29 is 0 Å². The molecule has 1 atom stereocenters. The Morgan fingerprint density at radius 3 is 2.58 bits per heavy atom. The second-order valence-corrected chi connectivity index (χ2v) is 6.66. The molecule has 0 bridgehead atoms. The van der Waals surface area contributed by atoms with E-state index in [0.717, 1.165) is 35.9 Å². The maximum atomic E-state index is 4.72. The minimum atomic E-state index is 0.609. The minimum absolute atomic E-state index is 0.609. The number of para-hydroxylation sites is 2. The van der Waals surface area contributed by atoms with Crippen molar-refractivity contribution in [2.75, 3.05) is 18.0 Å². The summed E-state index contributed by atoms with van der Waals surface area (Å²) >= 11 is 3.70. The highest BCUT2D eigenvalue weighted by atomic mass is 79.9. The van der Waals surface area contributed by atoms with Gasteiger partial charge in [0.25, 0.3) is 0 Å². The number of fused-ring (bicyclic) bond motifs is 1. The Kier molecular flexibility index (Phi) is 3.69. The predicted octanol–water partition coefficient (Wildman–Crippen LogP) is 3.63. The van der Waals surface area contributed by atoms with Gasteiger partial charge < -0.3 is 4.90 Å². The molecule has 1 aliphatic heterocycles. The van der Waals surface area contributed by atoms with Crippen molar-refractivity contribution in [1.82, 2.24) is 9.97 Å². The lowest BCUT2D eigenvalue weighted by molar-refractivity contribution is 0.405. The zero-order valence-corrected chi connectivity index (χ0v) is 12.7. The molecule has 3 nitrogen and oxygen atoms in total. The highest BCUT2D eigenvalue weighted by molar-refractivity contribution is 9.09. The van der Waals surface area contributed by atoms with Gasteiger partial charge in [0.1, 0.15) is 5.82 Å². The zero-order valence-electron chi connectivity index (χ0n) is 11.1. The van der Waals surface area contributed by atoms with E-state index in [9.17, 15) is 0 Å². The van der Waals surface area contributed by atoms with Gasteiger partial charge in [-0.25, -0.2) is 4.98 Å². The van der Waals surface area contributed by atoms with Gasteiger partial charge in [0.05, 0.1) is 17.2 Å². The van der Waals surface area contributed by atoms with E-state index in [1.165, 1.54) is 12.8 Å². The van der Waals surface area contributed by atoms with Crippen LogP contribution in [0.25, 0.3) is 11.0 Å². The Morgan fingerprint density at radius 2 is 1.89 bits per heavy atom. The Balaban J connectivity index is 1.78. The summed E-state index contributed by atoms with van der Waals surface area (Å²) in [6.45, 7) is 4.40. The summed E-state index contributed by atoms with van der Waals surface area (Å²) in [6, 6.07) is 8.04. The van der Waals surface area contributed by atoms with Crippen LogP contribution in [0.5, 0.6) is 0 Å². The van der Waals surface area contributed by atoms with Gasteiger partial charge in [-0.1, -0.05) is 35.0 Å². The van der Waals surface area contributed by atoms with Gasteiger partial charge in [-0.15, -0.1) is 0 Å². The van der Waals surface area contributed by atoms with E-state index in [4.69, 9.17) is 4.98 Å². The molecule has 4 heteroatoms. The quantitative estimate of drug-likeness (QED) is 0.791. The number of nitrogens with zero attached hydrogens (tertiary/aromatic N) is 3. The van der Waals surface area contributed by atoms with Crippen molar-refractivity contribution in [2.24, 2.45) is 5.92 Å². The molecule has 0 amide bonds. The molecule has 100 valence electrons. The number of benzene rings is 1. The highest BCUT2D eigenvalue weighted by Gasteiger charge is 2.23. The molecule has 2 aromatic rings. The van der Waals surface area contributed by atoms with Crippen molar-refractivity contribution in [1.29, 1.82) is 0 Å². The largest absolute Gasteiger partial charge is 0.355 e. The summed E-state index contributed by atoms with van der Waals surface area (Å²) in [6.07, 6.45) is 4.35. The fourth-order valence-corrected chi connectivity index (χ4v) is 3.22. The summed E-state index contributed by atoms with van der Waals surface area (Å²) in [5.74, 6) is 1.80. The molecular weight excluding hydrogens is 302 g/mol. The van der Waals surface area contributed by atoms with Crippen molar-refractivity contribution in [2.45, 2.75) is 24.6 Å². The Labute approximate surface area is 122 Å². The molecule has 1 unspecified atom stereocenters. The molecule has 1 saturated heterocycles. The number of alkyl halides is 1. The average molecular weight is 320 g/mol. The van der Waals surface area contributed by atoms with Crippen LogP contribution in [-0.2, 0) is 0 Å². The number of halogens is 1. The van der Waals surface area contributed by atoms with Crippen molar-refractivity contribution in [3.8, 4) is 0 Å². The number of anilines is 1. The smallest absolute Gasteiger partial charge is 0.147 e. The fraction of sp³-hybridized carbons (Fsp3) is 0.467. The molecular formula is C15H18BrN3. The molecule has 0 N–H and O–H groups in total. The Morgan fingerprint density at radius 1 is 1.21 bits per heavy atom. The molecule has 19 heavy (non-hydrogen) atoms. The van der Waals surface area contributed by atoms with Crippen LogP contribution in [0.15, 0.2) is 30.5 Å². The first-order chi connectivity index (χ1) is 9.24. The zero-order chi connectivity index (χ0) is 13.2. The van der Waals surface area contributed by atoms with E-state index in [1.807, 2.05) is 30.5 Å². The maximum Gasteiger partial charge on any atom is 0.147 e. The predicted molar refractivity (Wildman–Crippen MR) is 82.9 cm³/mol. The van der Waals surface area contributed by atoms with Crippen molar-refractivity contribution in [3.05, 3.63) is 30.5 Å². The molecule has 2 heterocycles. The third kappa shape index (κ3) is 2.73. The topological polar surface area (TPSA) is 29.0 Å². The molecule has 0 saturated carbocycles. The first-order valence-electron chi connectivity index (χ1n) is 6.85.